The lowest BCUT2D eigenvalue weighted by Crippen LogP contribution is -2.03. The molecule has 0 heterocycles. The number of carboxylic acid groups (broad SMARTS) is 1. The average molecular weight is 329 g/mol. The van der Waals surface area contributed by atoms with Gasteiger partial charge in [0.15, 0.2) is 0 Å². The number of rotatable bonds is 18. The Labute approximate surface area is 143 Å². The first-order valence-corrected chi connectivity index (χ1v) is 10.1. The Kier molecular flexibility index (Phi) is 17.3. The molecule has 0 spiro atoms. The van der Waals surface area contributed by atoms with Crippen molar-refractivity contribution in [1.29, 1.82) is 0 Å². The van der Waals surface area contributed by atoms with Gasteiger partial charge in [-0.15, -0.1) is 0 Å². The highest BCUT2D eigenvalue weighted by molar-refractivity contribution is 5.66. The van der Waals surface area contributed by atoms with Crippen LogP contribution in [0.5, 0.6) is 0 Å². The number of unbranched alkanes of at least 4 members (excludes halogenated alkanes) is 13. The molecule has 1 atom stereocenters. The van der Waals surface area contributed by atoms with E-state index >= 15 is 0 Å². The third kappa shape index (κ3) is 19.4. The van der Waals surface area contributed by atoms with Gasteiger partial charge in [-0.25, -0.2) is 0 Å². The van der Waals surface area contributed by atoms with Crippen LogP contribution in [0.4, 0.5) is 0 Å². The molecule has 0 saturated carbocycles. The molecule has 23 heavy (non-hydrogen) atoms. The molecule has 0 aromatic heterocycles. The van der Waals surface area contributed by atoms with Crippen LogP contribution in [-0.4, -0.2) is 22.3 Å². The van der Waals surface area contributed by atoms with Gasteiger partial charge in [0.2, 0.25) is 0 Å². The first-order valence-electron chi connectivity index (χ1n) is 10.1. The highest BCUT2D eigenvalue weighted by atomic mass is 16.4. The van der Waals surface area contributed by atoms with Gasteiger partial charge in [-0.3, -0.25) is 4.79 Å². The van der Waals surface area contributed by atoms with Crippen molar-refractivity contribution in [3.63, 3.8) is 0 Å². The van der Waals surface area contributed by atoms with Crippen LogP contribution < -0.4 is 0 Å². The first-order chi connectivity index (χ1) is 11.2. The Hall–Kier alpha value is -0.570. The molecular weight excluding hydrogens is 288 g/mol. The number of aliphatic carboxylic acids is 1. The molecule has 2 N–H and O–H groups in total. The predicted molar refractivity (Wildman–Crippen MR) is 97.8 cm³/mol. The number of aliphatic hydroxyl groups is 1. The summed E-state index contributed by atoms with van der Waals surface area (Å²) < 4.78 is 0. The van der Waals surface area contributed by atoms with Crippen molar-refractivity contribution in [2.24, 2.45) is 0 Å². The van der Waals surface area contributed by atoms with E-state index in [1.165, 1.54) is 77.0 Å². The van der Waals surface area contributed by atoms with E-state index < -0.39 is 5.97 Å². The van der Waals surface area contributed by atoms with Crippen molar-refractivity contribution in [1.82, 2.24) is 0 Å². The summed E-state index contributed by atoms with van der Waals surface area (Å²) in [5.74, 6) is -0.663. The van der Waals surface area contributed by atoms with Crippen LogP contribution in [0.15, 0.2) is 0 Å². The van der Waals surface area contributed by atoms with E-state index in [2.05, 4.69) is 0 Å². The highest BCUT2D eigenvalue weighted by Gasteiger charge is 2.00. The second-order valence-electron chi connectivity index (χ2n) is 6.94. The average Bonchev–Trinajstić information content (AvgIpc) is 2.53. The Balaban J connectivity index is 3.01. The standard InChI is InChI=1S/C20H40O3/c1-2-19(21)17-15-13-11-9-7-5-3-4-6-8-10-12-14-16-18-20(22)23/h19,21H,2-18H2,1H3,(H,22,23). The van der Waals surface area contributed by atoms with Crippen molar-refractivity contribution >= 4 is 5.97 Å². The lowest BCUT2D eigenvalue weighted by molar-refractivity contribution is -0.137. The van der Waals surface area contributed by atoms with Crippen LogP contribution in [-0.2, 0) is 4.79 Å². The van der Waals surface area contributed by atoms with Crippen molar-refractivity contribution in [3.05, 3.63) is 0 Å². The van der Waals surface area contributed by atoms with Crippen LogP contribution in [0.2, 0.25) is 0 Å². The van der Waals surface area contributed by atoms with Gasteiger partial charge in [-0.2, -0.15) is 0 Å². The third-order valence-electron chi connectivity index (χ3n) is 4.65. The summed E-state index contributed by atoms with van der Waals surface area (Å²) >= 11 is 0. The molecule has 0 saturated heterocycles. The van der Waals surface area contributed by atoms with E-state index in [0.717, 1.165) is 25.7 Å². The van der Waals surface area contributed by atoms with Gasteiger partial charge in [-0.05, 0) is 19.3 Å². The maximum atomic E-state index is 10.4. The van der Waals surface area contributed by atoms with Crippen LogP contribution >= 0.6 is 0 Å². The number of aliphatic hydroxyl groups excluding tert-OH is 1. The quantitative estimate of drug-likeness (QED) is 0.300. The van der Waals surface area contributed by atoms with E-state index in [1.54, 1.807) is 0 Å². The zero-order chi connectivity index (χ0) is 17.2. The molecular formula is C20H40O3. The number of hydrogen-bond donors (Lipinski definition) is 2. The smallest absolute Gasteiger partial charge is 0.303 e. The number of hydrogen-bond acceptors (Lipinski definition) is 2. The van der Waals surface area contributed by atoms with Crippen LogP contribution in [0.1, 0.15) is 116 Å². The predicted octanol–water partition coefficient (Wildman–Crippen LogP) is 6.08. The van der Waals surface area contributed by atoms with Gasteiger partial charge in [0.05, 0.1) is 6.10 Å². The monoisotopic (exact) mass is 328 g/mol. The van der Waals surface area contributed by atoms with E-state index in [-0.39, 0.29) is 6.10 Å². The van der Waals surface area contributed by atoms with Gasteiger partial charge >= 0.3 is 5.97 Å². The molecule has 1 unspecified atom stereocenters. The maximum absolute atomic E-state index is 10.4. The van der Waals surface area contributed by atoms with Crippen molar-refractivity contribution in [3.8, 4) is 0 Å². The summed E-state index contributed by atoms with van der Waals surface area (Å²) in [5, 5.41) is 18.0. The molecule has 0 aliphatic rings. The van der Waals surface area contributed by atoms with E-state index in [1.807, 2.05) is 6.92 Å². The minimum Gasteiger partial charge on any atom is -0.481 e. The lowest BCUT2D eigenvalue weighted by atomic mass is 10.0. The van der Waals surface area contributed by atoms with Crippen LogP contribution in [0.25, 0.3) is 0 Å². The first kappa shape index (κ1) is 22.4. The van der Waals surface area contributed by atoms with E-state index in [9.17, 15) is 9.90 Å². The lowest BCUT2D eigenvalue weighted by Gasteiger charge is -2.06. The van der Waals surface area contributed by atoms with Gasteiger partial charge < -0.3 is 10.2 Å². The van der Waals surface area contributed by atoms with Crippen molar-refractivity contribution < 1.29 is 15.0 Å². The Morgan fingerprint density at radius 1 is 0.696 bits per heavy atom. The second kappa shape index (κ2) is 17.8. The Morgan fingerprint density at radius 3 is 1.39 bits per heavy atom. The summed E-state index contributed by atoms with van der Waals surface area (Å²) in [4.78, 5) is 10.4. The molecule has 0 amide bonds. The largest absolute Gasteiger partial charge is 0.481 e. The molecule has 0 aliphatic heterocycles. The summed E-state index contributed by atoms with van der Waals surface area (Å²) in [6.07, 6.45) is 19.8. The Bertz CT molecular complexity index is 253. The number of carbonyl (C=O) groups is 1. The summed E-state index contributed by atoms with van der Waals surface area (Å²) in [7, 11) is 0. The molecule has 138 valence electrons. The van der Waals surface area contributed by atoms with Crippen molar-refractivity contribution in [2.45, 2.75) is 122 Å². The molecule has 0 aromatic carbocycles. The molecule has 0 rings (SSSR count). The summed E-state index contributed by atoms with van der Waals surface area (Å²) in [6, 6.07) is 0. The highest BCUT2D eigenvalue weighted by Crippen LogP contribution is 2.14. The van der Waals surface area contributed by atoms with Crippen LogP contribution in [0.3, 0.4) is 0 Å². The van der Waals surface area contributed by atoms with Crippen LogP contribution in [0, 0.1) is 0 Å². The van der Waals surface area contributed by atoms with Gasteiger partial charge in [0.1, 0.15) is 0 Å². The minimum absolute atomic E-state index is 0.0767. The summed E-state index contributed by atoms with van der Waals surface area (Å²) in [5.41, 5.74) is 0. The molecule has 3 heteroatoms. The SMILES string of the molecule is CCC(O)CCCCCCCCCCCCCCCCC(=O)O. The zero-order valence-corrected chi connectivity index (χ0v) is 15.4. The zero-order valence-electron chi connectivity index (χ0n) is 15.4. The van der Waals surface area contributed by atoms with Gasteiger partial charge in [0, 0.05) is 6.42 Å². The minimum atomic E-state index is -0.663. The maximum Gasteiger partial charge on any atom is 0.303 e. The third-order valence-corrected chi connectivity index (χ3v) is 4.65. The van der Waals surface area contributed by atoms with Crippen molar-refractivity contribution in [2.75, 3.05) is 0 Å². The topological polar surface area (TPSA) is 57.5 Å². The molecule has 0 radical (unpaired) electrons. The summed E-state index contributed by atoms with van der Waals surface area (Å²) in [6.45, 7) is 2.05. The van der Waals surface area contributed by atoms with E-state index in [4.69, 9.17) is 5.11 Å². The Morgan fingerprint density at radius 2 is 1.04 bits per heavy atom. The number of carboxylic acids is 1. The normalized spacial score (nSPS) is 12.4. The van der Waals surface area contributed by atoms with E-state index in [0.29, 0.717) is 6.42 Å². The second-order valence-corrected chi connectivity index (χ2v) is 6.94. The molecule has 0 bridgehead atoms. The van der Waals surface area contributed by atoms with Gasteiger partial charge in [-0.1, -0.05) is 90.4 Å². The molecule has 0 aliphatic carbocycles. The fourth-order valence-electron chi connectivity index (χ4n) is 2.98. The molecule has 3 nitrogen and oxygen atoms in total. The van der Waals surface area contributed by atoms with Gasteiger partial charge in [0.25, 0.3) is 0 Å². The molecule has 0 fully saturated rings. The fourth-order valence-corrected chi connectivity index (χ4v) is 2.98. The molecule has 0 aromatic rings. The fraction of sp³-hybridized carbons (Fsp3) is 0.950.